The molecule has 1 saturated heterocycles. The summed E-state index contributed by atoms with van der Waals surface area (Å²) < 4.78 is 28.9. The number of sulfone groups is 1. The van der Waals surface area contributed by atoms with Crippen LogP contribution in [0, 0.1) is 0 Å². The van der Waals surface area contributed by atoms with Gasteiger partial charge in [-0.15, -0.1) is 0 Å². The largest absolute Gasteiger partial charge is 0.338 e. The molecule has 1 fully saturated rings. The van der Waals surface area contributed by atoms with Crippen LogP contribution in [0.25, 0.3) is 0 Å². The fraction of sp³-hybridized carbons (Fsp3) is 0.500. The van der Waals surface area contributed by atoms with Gasteiger partial charge in [0, 0.05) is 19.0 Å². The Bertz CT molecular complexity index is 743. The first-order valence-electron chi connectivity index (χ1n) is 7.85. The van der Waals surface area contributed by atoms with Crippen molar-refractivity contribution in [2.24, 2.45) is 0 Å². The van der Waals surface area contributed by atoms with E-state index in [2.05, 4.69) is 15.0 Å². The Kier molecular flexibility index (Phi) is 4.77. The highest BCUT2D eigenvalue weighted by molar-refractivity contribution is 7.91. The van der Waals surface area contributed by atoms with Gasteiger partial charge >= 0.3 is 0 Å². The quantitative estimate of drug-likeness (QED) is 0.801. The molecule has 0 aliphatic carbocycles. The van der Waals surface area contributed by atoms with Crippen LogP contribution >= 0.6 is 0 Å². The van der Waals surface area contributed by atoms with Gasteiger partial charge in [0.25, 0.3) is 0 Å². The summed E-state index contributed by atoms with van der Waals surface area (Å²) in [5, 5.41) is 3.92. The molecule has 0 saturated carbocycles. The highest BCUT2D eigenvalue weighted by atomic mass is 32.2. The number of aryl methyl sites for hydroxylation is 1. The zero-order valence-corrected chi connectivity index (χ0v) is 14.0. The maximum Gasteiger partial charge on any atom is 0.240 e. The minimum absolute atomic E-state index is 0.00261. The van der Waals surface area contributed by atoms with Gasteiger partial charge in [0.2, 0.25) is 5.89 Å². The molecule has 0 unspecified atom stereocenters. The van der Waals surface area contributed by atoms with Gasteiger partial charge in [-0.25, -0.2) is 8.42 Å². The van der Waals surface area contributed by atoms with E-state index in [1.54, 1.807) is 0 Å². The van der Waals surface area contributed by atoms with Crippen molar-refractivity contribution in [2.45, 2.75) is 38.9 Å². The Morgan fingerprint density at radius 3 is 2.65 bits per heavy atom. The van der Waals surface area contributed by atoms with Gasteiger partial charge in [-0.3, -0.25) is 4.90 Å². The average Bonchev–Trinajstić information content (AvgIpc) is 3.13. The molecule has 0 radical (unpaired) electrons. The molecule has 1 aliphatic rings. The first-order valence-corrected chi connectivity index (χ1v) is 9.68. The van der Waals surface area contributed by atoms with Crippen LogP contribution in [0.15, 0.2) is 34.9 Å². The Labute approximate surface area is 136 Å². The third-order valence-electron chi connectivity index (χ3n) is 4.12. The van der Waals surface area contributed by atoms with E-state index in [9.17, 15) is 8.42 Å². The second kappa shape index (κ2) is 6.80. The third-order valence-corrected chi connectivity index (χ3v) is 5.87. The van der Waals surface area contributed by atoms with Gasteiger partial charge in [0.05, 0.1) is 18.1 Å². The molecule has 7 heteroatoms. The molecule has 2 heterocycles. The SMILES string of the molecule is CCc1noc(CN(Cc2ccccc2)[C@@H]2CCS(=O)(=O)C2)n1. The van der Waals surface area contributed by atoms with E-state index in [1.807, 2.05) is 37.3 Å². The van der Waals surface area contributed by atoms with Crippen molar-refractivity contribution in [2.75, 3.05) is 11.5 Å². The molecule has 1 aromatic heterocycles. The van der Waals surface area contributed by atoms with Crippen molar-refractivity contribution in [3.63, 3.8) is 0 Å². The molecule has 0 N–H and O–H groups in total. The van der Waals surface area contributed by atoms with Crippen molar-refractivity contribution in [1.82, 2.24) is 15.0 Å². The summed E-state index contributed by atoms with van der Waals surface area (Å²) >= 11 is 0. The van der Waals surface area contributed by atoms with Gasteiger partial charge in [-0.05, 0) is 12.0 Å². The van der Waals surface area contributed by atoms with Crippen LogP contribution in [0.1, 0.15) is 30.6 Å². The maximum atomic E-state index is 11.8. The number of aromatic nitrogens is 2. The van der Waals surface area contributed by atoms with Gasteiger partial charge in [0.1, 0.15) is 0 Å². The van der Waals surface area contributed by atoms with Crippen LogP contribution in [-0.2, 0) is 29.3 Å². The van der Waals surface area contributed by atoms with E-state index in [-0.39, 0.29) is 17.5 Å². The van der Waals surface area contributed by atoms with Crippen LogP contribution in [0.2, 0.25) is 0 Å². The van der Waals surface area contributed by atoms with E-state index >= 15 is 0 Å². The number of rotatable bonds is 6. The topological polar surface area (TPSA) is 76.3 Å². The van der Waals surface area contributed by atoms with E-state index < -0.39 is 9.84 Å². The summed E-state index contributed by atoms with van der Waals surface area (Å²) in [6.45, 7) is 3.12. The van der Waals surface area contributed by atoms with Crippen molar-refractivity contribution in [3.8, 4) is 0 Å². The maximum absolute atomic E-state index is 11.8. The summed E-state index contributed by atoms with van der Waals surface area (Å²) in [7, 11) is -2.93. The first kappa shape index (κ1) is 16.1. The van der Waals surface area contributed by atoms with E-state index in [0.717, 1.165) is 12.0 Å². The first-order chi connectivity index (χ1) is 11.1. The standard InChI is InChI=1S/C16H21N3O3S/c1-2-15-17-16(22-18-15)11-19(10-13-6-4-3-5-7-13)14-8-9-23(20,21)12-14/h3-7,14H,2,8-12H2,1H3/t14-/m1/s1. The predicted octanol–water partition coefficient (Wildman–Crippen LogP) is 1.82. The predicted molar refractivity (Wildman–Crippen MR) is 86.4 cm³/mol. The molecule has 3 rings (SSSR count). The Hall–Kier alpha value is -1.73. The van der Waals surface area contributed by atoms with E-state index in [0.29, 0.717) is 31.2 Å². The lowest BCUT2D eigenvalue weighted by Crippen LogP contribution is -2.35. The minimum atomic E-state index is -2.93. The summed E-state index contributed by atoms with van der Waals surface area (Å²) in [4.78, 5) is 6.48. The molecule has 23 heavy (non-hydrogen) atoms. The lowest BCUT2D eigenvalue weighted by molar-refractivity contribution is 0.169. The third kappa shape index (κ3) is 4.17. The van der Waals surface area contributed by atoms with Gasteiger partial charge in [0.15, 0.2) is 15.7 Å². The molecule has 0 spiro atoms. The molecular formula is C16H21N3O3S. The Morgan fingerprint density at radius 2 is 2.04 bits per heavy atom. The second-order valence-electron chi connectivity index (χ2n) is 5.91. The van der Waals surface area contributed by atoms with Crippen molar-refractivity contribution in [3.05, 3.63) is 47.6 Å². The molecular weight excluding hydrogens is 314 g/mol. The number of benzene rings is 1. The molecule has 2 aromatic rings. The fourth-order valence-corrected chi connectivity index (χ4v) is 4.63. The van der Waals surface area contributed by atoms with E-state index in [4.69, 9.17) is 4.52 Å². The summed E-state index contributed by atoms with van der Waals surface area (Å²) in [5.74, 6) is 1.68. The molecule has 1 aromatic carbocycles. The van der Waals surface area contributed by atoms with Gasteiger partial charge in [-0.1, -0.05) is 42.4 Å². The summed E-state index contributed by atoms with van der Waals surface area (Å²) in [5.41, 5.74) is 1.15. The van der Waals surface area contributed by atoms with Gasteiger partial charge in [-0.2, -0.15) is 4.98 Å². The highest BCUT2D eigenvalue weighted by Crippen LogP contribution is 2.22. The normalized spacial score (nSPS) is 20.2. The van der Waals surface area contributed by atoms with Crippen molar-refractivity contribution in [1.29, 1.82) is 0 Å². The molecule has 1 atom stereocenters. The van der Waals surface area contributed by atoms with Crippen LogP contribution in [0.5, 0.6) is 0 Å². The molecule has 124 valence electrons. The zero-order valence-electron chi connectivity index (χ0n) is 13.2. The molecule has 0 amide bonds. The number of hydrogen-bond acceptors (Lipinski definition) is 6. The smallest absolute Gasteiger partial charge is 0.240 e. The average molecular weight is 335 g/mol. The fourth-order valence-electron chi connectivity index (χ4n) is 2.87. The second-order valence-corrected chi connectivity index (χ2v) is 8.13. The van der Waals surface area contributed by atoms with Crippen molar-refractivity contribution < 1.29 is 12.9 Å². The van der Waals surface area contributed by atoms with E-state index in [1.165, 1.54) is 0 Å². The lowest BCUT2D eigenvalue weighted by atomic mass is 10.1. The highest BCUT2D eigenvalue weighted by Gasteiger charge is 2.33. The molecule has 6 nitrogen and oxygen atoms in total. The van der Waals surface area contributed by atoms with Crippen LogP contribution in [-0.4, -0.2) is 41.0 Å². The summed E-state index contributed by atoms with van der Waals surface area (Å²) in [6.07, 6.45) is 1.38. The molecule has 0 bridgehead atoms. The Balaban J connectivity index is 1.78. The number of hydrogen-bond donors (Lipinski definition) is 0. The summed E-state index contributed by atoms with van der Waals surface area (Å²) in [6, 6.07) is 10.0. The number of nitrogens with zero attached hydrogens (tertiary/aromatic N) is 3. The zero-order chi connectivity index (χ0) is 16.3. The van der Waals surface area contributed by atoms with Gasteiger partial charge < -0.3 is 4.52 Å². The van der Waals surface area contributed by atoms with Crippen LogP contribution in [0.3, 0.4) is 0 Å². The minimum Gasteiger partial charge on any atom is -0.338 e. The Morgan fingerprint density at radius 1 is 1.26 bits per heavy atom. The monoisotopic (exact) mass is 335 g/mol. The van der Waals surface area contributed by atoms with Crippen molar-refractivity contribution >= 4 is 9.84 Å². The van der Waals surface area contributed by atoms with Crippen LogP contribution in [0.4, 0.5) is 0 Å². The lowest BCUT2D eigenvalue weighted by Gasteiger charge is -2.26. The van der Waals surface area contributed by atoms with Crippen LogP contribution < -0.4 is 0 Å². The molecule has 1 aliphatic heterocycles.